The van der Waals surface area contributed by atoms with Crippen LogP contribution in [0.5, 0.6) is 5.75 Å². The molecule has 3 nitrogen and oxygen atoms in total. The number of alkyl halides is 2. The Bertz CT molecular complexity index is 1340. The molecule has 1 aliphatic carbocycles. The first-order valence-corrected chi connectivity index (χ1v) is 15.0. The number of benzene rings is 3. The Labute approximate surface area is 248 Å². The van der Waals surface area contributed by atoms with Gasteiger partial charge in [0.25, 0.3) is 0 Å². The average molecular weight is 607 g/mol. The lowest BCUT2D eigenvalue weighted by Crippen LogP contribution is -2.41. The van der Waals surface area contributed by atoms with Crippen LogP contribution in [0.1, 0.15) is 68.9 Å². The van der Waals surface area contributed by atoms with Crippen molar-refractivity contribution in [2.45, 2.75) is 76.6 Å². The van der Waals surface area contributed by atoms with Gasteiger partial charge in [0.1, 0.15) is 11.6 Å². The summed E-state index contributed by atoms with van der Waals surface area (Å²) < 4.78 is 102. The van der Waals surface area contributed by atoms with Crippen LogP contribution in [0, 0.1) is 35.1 Å². The van der Waals surface area contributed by atoms with Gasteiger partial charge in [-0.2, -0.15) is 8.78 Å². The molecular weight excluding hydrogens is 570 g/mol. The van der Waals surface area contributed by atoms with E-state index in [4.69, 9.17) is 14.2 Å². The first-order chi connectivity index (χ1) is 20.6. The zero-order valence-electron chi connectivity index (χ0n) is 24.1. The lowest BCUT2D eigenvalue weighted by Gasteiger charge is -2.39. The van der Waals surface area contributed by atoms with E-state index >= 15 is 8.78 Å². The smallest absolute Gasteiger partial charge is 0.400 e. The number of rotatable bonds is 10. The maximum Gasteiger partial charge on any atom is 0.400 e. The van der Waals surface area contributed by atoms with E-state index in [0.29, 0.717) is 38.2 Å². The van der Waals surface area contributed by atoms with Crippen molar-refractivity contribution >= 4 is 0 Å². The first kappa shape index (κ1) is 31.4. The van der Waals surface area contributed by atoms with Crippen molar-refractivity contribution in [3.8, 4) is 16.9 Å². The monoisotopic (exact) mass is 606 g/mol. The minimum absolute atomic E-state index is 0.0119. The largest absolute Gasteiger partial charge is 0.432 e. The fourth-order valence-corrected chi connectivity index (χ4v) is 5.99. The van der Waals surface area contributed by atoms with E-state index in [2.05, 4.69) is 31.2 Å². The van der Waals surface area contributed by atoms with Crippen LogP contribution >= 0.6 is 0 Å². The molecular formula is C34H36F6O3. The minimum atomic E-state index is -3.56. The molecule has 0 N–H and O–H groups in total. The third kappa shape index (κ3) is 7.55. The van der Waals surface area contributed by atoms with Gasteiger partial charge >= 0.3 is 6.11 Å². The van der Waals surface area contributed by atoms with E-state index in [1.807, 2.05) is 0 Å². The normalized spacial score (nSPS) is 22.9. The second kappa shape index (κ2) is 13.7. The fourth-order valence-electron chi connectivity index (χ4n) is 5.99. The van der Waals surface area contributed by atoms with Gasteiger partial charge in [-0.15, -0.1) is 0 Å². The van der Waals surface area contributed by atoms with Crippen LogP contribution < -0.4 is 4.74 Å². The molecule has 0 amide bonds. The molecule has 9 heteroatoms. The van der Waals surface area contributed by atoms with Gasteiger partial charge in [-0.05, 0) is 79.5 Å². The molecule has 1 heterocycles. The molecule has 3 aromatic rings. The summed E-state index contributed by atoms with van der Waals surface area (Å²) in [6, 6.07) is 12.8. The van der Waals surface area contributed by atoms with Gasteiger partial charge in [0.2, 0.25) is 0 Å². The van der Waals surface area contributed by atoms with E-state index in [9.17, 15) is 17.6 Å². The van der Waals surface area contributed by atoms with E-state index in [1.165, 1.54) is 30.4 Å². The predicted octanol–water partition coefficient (Wildman–Crippen LogP) is 9.58. The first-order valence-electron chi connectivity index (χ1n) is 15.0. The number of hydrogen-bond donors (Lipinski definition) is 0. The van der Waals surface area contributed by atoms with E-state index in [1.54, 1.807) is 0 Å². The molecule has 3 aromatic carbocycles. The predicted molar refractivity (Wildman–Crippen MR) is 151 cm³/mol. The number of halogens is 6. The molecule has 0 bridgehead atoms. The summed E-state index contributed by atoms with van der Waals surface area (Å²) in [6.07, 6.45) is 1.98. The molecule has 2 aliphatic rings. The summed E-state index contributed by atoms with van der Waals surface area (Å²) in [7, 11) is 0. The van der Waals surface area contributed by atoms with Crippen molar-refractivity contribution in [2.75, 3.05) is 13.2 Å². The maximum absolute atomic E-state index is 15.1. The molecule has 0 atom stereocenters. The van der Waals surface area contributed by atoms with Crippen molar-refractivity contribution in [1.29, 1.82) is 0 Å². The second-order valence-electron chi connectivity index (χ2n) is 11.6. The summed E-state index contributed by atoms with van der Waals surface area (Å²) >= 11 is 0. The van der Waals surface area contributed by atoms with E-state index in [-0.39, 0.29) is 35.8 Å². The molecule has 0 unspecified atom stereocenters. The third-order valence-electron chi connectivity index (χ3n) is 8.56. The Hall–Kier alpha value is -3.04. The number of unbranched alkanes of at least 4 members (excludes halogenated alkanes) is 2. The lowest BCUT2D eigenvalue weighted by atomic mass is 9.80. The molecule has 2 fully saturated rings. The highest BCUT2D eigenvalue weighted by atomic mass is 19.3. The van der Waals surface area contributed by atoms with Crippen LogP contribution in [0.2, 0.25) is 0 Å². The molecule has 232 valence electrons. The molecule has 43 heavy (non-hydrogen) atoms. The Morgan fingerprint density at radius 2 is 1.44 bits per heavy atom. The van der Waals surface area contributed by atoms with Crippen LogP contribution in [0.4, 0.5) is 26.3 Å². The highest BCUT2D eigenvalue weighted by molar-refractivity contribution is 5.65. The Kier molecular flexibility index (Phi) is 10.0. The fraction of sp³-hybridized carbons (Fsp3) is 0.471. The van der Waals surface area contributed by atoms with Crippen LogP contribution in [-0.4, -0.2) is 25.6 Å². The van der Waals surface area contributed by atoms with Gasteiger partial charge < -0.3 is 14.2 Å². The van der Waals surface area contributed by atoms with Gasteiger partial charge in [-0.25, -0.2) is 17.6 Å². The molecule has 0 spiro atoms. The van der Waals surface area contributed by atoms with Crippen LogP contribution in [0.15, 0.2) is 54.6 Å². The molecule has 1 saturated heterocycles. The summed E-state index contributed by atoms with van der Waals surface area (Å²) in [5, 5.41) is 0. The van der Waals surface area contributed by atoms with E-state index < -0.39 is 47.3 Å². The van der Waals surface area contributed by atoms with Crippen LogP contribution in [0.25, 0.3) is 11.1 Å². The second-order valence-corrected chi connectivity index (χ2v) is 11.6. The van der Waals surface area contributed by atoms with Crippen molar-refractivity contribution in [3.05, 3.63) is 89.0 Å². The Morgan fingerprint density at radius 1 is 0.791 bits per heavy atom. The summed E-state index contributed by atoms with van der Waals surface area (Å²) in [6.45, 7) is 3.21. The summed E-state index contributed by atoms with van der Waals surface area (Å²) in [5.74, 6) is -7.07. The number of aryl methyl sites for hydroxylation is 1. The zero-order chi connectivity index (χ0) is 30.6. The maximum atomic E-state index is 15.1. The van der Waals surface area contributed by atoms with Gasteiger partial charge in [0.05, 0.1) is 19.1 Å². The van der Waals surface area contributed by atoms with Crippen molar-refractivity contribution in [1.82, 2.24) is 0 Å². The van der Waals surface area contributed by atoms with Gasteiger partial charge in [-0.1, -0.05) is 44.0 Å². The van der Waals surface area contributed by atoms with Gasteiger partial charge in [0, 0.05) is 23.5 Å². The number of hydrogen-bond acceptors (Lipinski definition) is 3. The Balaban J connectivity index is 1.11. The standard InChI is InChI=1S/C34H36F6O3/c1-2-3-4-5-21-6-8-22(9-7-21)25-19-41-33(42-20-25)23-10-12-26(13-11-23)34(39,40)43-27-14-15-28(29(35)18-27)24-16-30(36)32(38)31(37)17-24/h6-9,14-18,23,25-26,33H,2-5,10-13,19-20H2,1H3. The zero-order valence-corrected chi connectivity index (χ0v) is 24.1. The Morgan fingerprint density at radius 3 is 2.05 bits per heavy atom. The van der Waals surface area contributed by atoms with Gasteiger partial charge in [0.15, 0.2) is 23.7 Å². The van der Waals surface area contributed by atoms with Gasteiger partial charge in [-0.3, -0.25) is 0 Å². The summed E-state index contributed by atoms with van der Waals surface area (Å²) in [5.41, 5.74) is 1.95. The average Bonchev–Trinajstić information content (AvgIpc) is 3.00. The minimum Gasteiger partial charge on any atom is -0.432 e. The molecule has 1 aliphatic heterocycles. The third-order valence-corrected chi connectivity index (χ3v) is 8.56. The van der Waals surface area contributed by atoms with Crippen LogP contribution in [-0.2, 0) is 15.9 Å². The molecule has 0 radical (unpaired) electrons. The van der Waals surface area contributed by atoms with Crippen molar-refractivity contribution in [2.24, 2.45) is 11.8 Å². The quantitative estimate of drug-likeness (QED) is 0.131. The number of ether oxygens (including phenoxy) is 3. The SMILES string of the molecule is CCCCCc1ccc(C2COC(C3CCC(C(F)(F)Oc4ccc(-c5cc(F)c(F)c(F)c5)c(F)c4)CC3)OC2)cc1. The van der Waals surface area contributed by atoms with Crippen molar-refractivity contribution < 1.29 is 40.6 Å². The van der Waals surface area contributed by atoms with Crippen LogP contribution in [0.3, 0.4) is 0 Å². The molecule has 5 rings (SSSR count). The topological polar surface area (TPSA) is 27.7 Å². The lowest BCUT2D eigenvalue weighted by molar-refractivity contribution is -0.242. The highest BCUT2D eigenvalue weighted by Gasteiger charge is 2.45. The molecule has 1 saturated carbocycles. The van der Waals surface area contributed by atoms with Crippen molar-refractivity contribution in [3.63, 3.8) is 0 Å². The highest BCUT2D eigenvalue weighted by Crippen LogP contribution is 2.43. The molecule has 0 aromatic heterocycles. The van der Waals surface area contributed by atoms with E-state index in [0.717, 1.165) is 24.6 Å². The summed E-state index contributed by atoms with van der Waals surface area (Å²) in [4.78, 5) is 0.